The predicted octanol–water partition coefficient (Wildman–Crippen LogP) is 1.37. The van der Waals surface area contributed by atoms with Crippen LogP contribution in [0.5, 0.6) is 0 Å². The van der Waals surface area contributed by atoms with Crippen molar-refractivity contribution in [2.75, 3.05) is 23.7 Å². The summed E-state index contributed by atoms with van der Waals surface area (Å²) in [5.74, 6) is -0.796. The van der Waals surface area contributed by atoms with Crippen molar-refractivity contribution >= 4 is 33.7 Å². The minimum Gasteiger partial charge on any atom is -0.397 e. The molecule has 2 rings (SSSR count). The molecule has 0 radical (unpaired) electrons. The number of Topliss-reactive ketones (excluding diaryl/α,β-unsaturated/α-hetero) is 1. The lowest BCUT2D eigenvalue weighted by atomic mass is 9.98. The minimum atomic E-state index is -0.701. The van der Waals surface area contributed by atoms with Crippen LogP contribution in [0.4, 0.5) is 10.7 Å². The second-order valence-corrected chi connectivity index (χ2v) is 6.78. The number of rotatable bonds is 3. The molecule has 1 saturated heterocycles. The van der Waals surface area contributed by atoms with E-state index in [-0.39, 0.29) is 17.0 Å². The van der Waals surface area contributed by atoms with Crippen LogP contribution < -0.4 is 16.4 Å². The summed E-state index contributed by atoms with van der Waals surface area (Å²) in [5.41, 5.74) is 11.0. The van der Waals surface area contributed by atoms with Gasteiger partial charge in [0, 0.05) is 20.0 Å². The van der Waals surface area contributed by atoms with E-state index in [1.54, 1.807) is 0 Å². The number of amides is 1. The second-order valence-electron chi connectivity index (χ2n) is 5.78. The molecule has 1 aromatic heterocycles. The average Bonchev–Trinajstić information content (AvgIpc) is 2.60. The molecule has 1 unspecified atom stereocenters. The van der Waals surface area contributed by atoms with Crippen molar-refractivity contribution in [2.24, 2.45) is 5.73 Å². The van der Waals surface area contributed by atoms with Gasteiger partial charge in [0.05, 0.1) is 21.7 Å². The molecule has 1 aliphatic rings. The highest BCUT2D eigenvalue weighted by molar-refractivity contribution is 7.19. The number of carbonyl (C=O) groups is 2. The van der Waals surface area contributed by atoms with Crippen molar-refractivity contribution < 1.29 is 14.7 Å². The van der Waals surface area contributed by atoms with Gasteiger partial charge in [-0.05, 0) is 26.2 Å². The van der Waals surface area contributed by atoms with Crippen molar-refractivity contribution in [2.45, 2.75) is 38.7 Å². The Bertz CT molecular complexity index is 580. The molecule has 0 aromatic carbocycles. The zero-order valence-corrected chi connectivity index (χ0v) is 13.1. The number of nitrogens with zero attached hydrogens (tertiary/aromatic N) is 1. The first-order valence-electron chi connectivity index (χ1n) is 6.93. The first-order chi connectivity index (χ1) is 9.73. The van der Waals surface area contributed by atoms with Crippen LogP contribution in [0.1, 0.15) is 53.1 Å². The third-order valence-electron chi connectivity index (χ3n) is 3.84. The average molecular weight is 311 g/mol. The lowest BCUT2D eigenvalue weighted by molar-refractivity contribution is 0.0481. The monoisotopic (exact) mass is 311 g/mol. The summed E-state index contributed by atoms with van der Waals surface area (Å²) in [4.78, 5) is 25.7. The van der Waals surface area contributed by atoms with Crippen LogP contribution in [0, 0.1) is 0 Å². The Morgan fingerprint density at radius 2 is 2.00 bits per heavy atom. The first kappa shape index (κ1) is 15.8. The van der Waals surface area contributed by atoms with E-state index < -0.39 is 11.5 Å². The molecule has 1 aliphatic heterocycles. The molecule has 0 bridgehead atoms. The van der Waals surface area contributed by atoms with E-state index in [1.165, 1.54) is 18.3 Å². The molecule has 0 aliphatic carbocycles. The van der Waals surface area contributed by atoms with Crippen LogP contribution in [0.3, 0.4) is 0 Å². The third kappa shape index (κ3) is 3.19. The lowest BCUT2D eigenvalue weighted by Crippen LogP contribution is -2.29. The Morgan fingerprint density at radius 3 is 2.57 bits per heavy atom. The second kappa shape index (κ2) is 5.65. The van der Waals surface area contributed by atoms with Crippen LogP contribution in [0.2, 0.25) is 0 Å². The number of ketones is 1. The molecule has 1 atom stereocenters. The van der Waals surface area contributed by atoms with Crippen LogP contribution in [0.25, 0.3) is 0 Å². The maximum atomic E-state index is 11.7. The molecule has 1 fully saturated rings. The SMILES string of the molecule is CC(=O)c1sc(N2CCCC(C)(O)CC2)c(C(N)=O)c1N. The number of anilines is 2. The molecule has 5 N–H and O–H groups in total. The van der Waals surface area contributed by atoms with Gasteiger partial charge in [0.25, 0.3) is 5.91 Å². The quantitative estimate of drug-likeness (QED) is 0.730. The standard InChI is InChI=1S/C14H21N3O3S/c1-8(18)11-10(15)9(12(16)19)13(21-11)17-6-3-4-14(2,20)5-7-17/h20H,3-7,15H2,1-2H3,(H2,16,19). The summed E-state index contributed by atoms with van der Waals surface area (Å²) < 4.78 is 0. The zero-order chi connectivity index (χ0) is 15.8. The van der Waals surface area contributed by atoms with Gasteiger partial charge in [0.1, 0.15) is 5.00 Å². The fraction of sp³-hybridized carbons (Fsp3) is 0.571. The number of aliphatic hydroxyl groups is 1. The Hall–Kier alpha value is -1.60. The molecular formula is C14H21N3O3S. The summed E-state index contributed by atoms with van der Waals surface area (Å²) >= 11 is 1.21. The molecule has 1 amide bonds. The summed E-state index contributed by atoms with van der Waals surface area (Å²) in [6.07, 6.45) is 2.10. The van der Waals surface area contributed by atoms with Gasteiger partial charge in [0.2, 0.25) is 0 Å². The number of nitrogen functional groups attached to an aromatic ring is 1. The number of hydrogen-bond donors (Lipinski definition) is 3. The number of primary amides is 1. The van der Waals surface area contributed by atoms with Gasteiger partial charge in [-0.1, -0.05) is 0 Å². The smallest absolute Gasteiger partial charge is 0.253 e. The van der Waals surface area contributed by atoms with E-state index in [4.69, 9.17) is 11.5 Å². The molecule has 7 heteroatoms. The van der Waals surface area contributed by atoms with Gasteiger partial charge < -0.3 is 21.5 Å². The fourth-order valence-corrected chi connectivity index (χ4v) is 3.79. The largest absolute Gasteiger partial charge is 0.397 e. The Labute approximate surface area is 127 Å². The van der Waals surface area contributed by atoms with Crippen LogP contribution >= 0.6 is 11.3 Å². The topological polar surface area (TPSA) is 110 Å². The van der Waals surface area contributed by atoms with Gasteiger partial charge >= 0.3 is 0 Å². The number of thiophene rings is 1. The molecule has 2 heterocycles. The van der Waals surface area contributed by atoms with Gasteiger partial charge in [0.15, 0.2) is 5.78 Å². The molecule has 0 saturated carbocycles. The maximum absolute atomic E-state index is 11.7. The number of carbonyl (C=O) groups excluding carboxylic acids is 2. The highest BCUT2D eigenvalue weighted by Gasteiger charge is 2.30. The highest BCUT2D eigenvalue weighted by Crippen LogP contribution is 2.39. The Morgan fingerprint density at radius 1 is 1.33 bits per heavy atom. The summed E-state index contributed by atoms with van der Waals surface area (Å²) in [6, 6.07) is 0. The van der Waals surface area contributed by atoms with Gasteiger partial charge in [-0.25, -0.2) is 0 Å². The van der Waals surface area contributed by atoms with E-state index in [1.807, 2.05) is 11.8 Å². The van der Waals surface area contributed by atoms with Crippen molar-refractivity contribution in [1.29, 1.82) is 0 Å². The highest BCUT2D eigenvalue weighted by atomic mass is 32.1. The lowest BCUT2D eigenvalue weighted by Gasteiger charge is -2.23. The maximum Gasteiger partial charge on any atom is 0.253 e. The molecule has 116 valence electrons. The molecule has 1 aromatic rings. The summed E-state index contributed by atoms with van der Waals surface area (Å²) in [7, 11) is 0. The van der Waals surface area contributed by atoms with Crippen molar-refractivity contribution in [1.82, 2.24) is 0 Å². The number of nitrogens with two attached hydrogens (primary N) is 2. The van der Waals surface area contributed by atoms with E-state index in [0.717, 1.165) is 6.42 Å². The van der Waals surface area contributed by atoms with Gasteiger partial charge in [-0.3, -0.25) is 9.59 Å². The van der Waals surface area contributed by atoms with Crippen LogP contribution in [-0.4, -0.2) is 35.5 Å². The van der Waals surface area contributed by atoms with Gasteiger partial charge in [-0.2, -0.15) is 0 Å². The van der Waals surface area contributed by atoms with E-state index >= 15 is 0 Å². The van der Waals surface area contributed by atoms with E-state index in [2.05, 4.69) is 0 Å². The minimum absolute atomic E-state index is 0.172. The first-order valence-corrected chi connectivity index (χ1v) is 7.75. The van der Waals surface area contributed by atoms with Gasteiger partial charge in [-0.15, -0.1) is 11.3 Å². The predicted molar refractivity (Wildman–Crippen MR) is 83.9 cm³/mol. The van der Waals surface area contributed by atoms with Crippen molar-refractivity contribution in [3.63, 3.8) is 0 Å². The molecule has 6 nitrogen and oxygen atoms in total. The molecule has 21 heavy (non-hydrogen) atoms. The number of hydrogen-bond acceptors (Lipinski definition) is 6. The Kier molecular flexibility index (Phi) is 4.25. The fourth-order valence-electron chi connectivity index (χ4n) is 2.62. The van der Waals surface area contributed by atoms with E-state index in [0.29, 0.717) is 35.8 Å². The zero-order valence-electron chi connectivity index (χ0n) is 12.3. The third-order valence-corrected chi connectivity index (χ3v) is 5.21. The Balaban J connectivity index is 2.41. The summed E-state index contributed by atoms with van der Waals surface area (Å²) in [5, 5.41) is 10.8. The molecular weight excluding hydrogens is 290 g/mol. The normalized spacial score (nSPS) is 22.9. The van der Waals surface area contributed by atoms with Crippen molar-refractivity contribution in [3.8, 4) is 0 Å². The molecule has 0 spiro atoms. The van der Waals surface area contributed by atoms with Crippen molar-refractivity contribution in [3.05, 3.63) is 10.4 Å². The van der Waals surface area contributed by atoms with Crippen LogP contribution in [-0.2, 0) is 0 Å². The summed E-state index contributed by atoms with van der Waals surface area (Å²) in [6.45, 7) is 4.54. The van der Waals surface area contributed by atoms with Crippen LogP contribution in [0.15, 0.2) is 0 Å². The van der Waals surface area contributed by atoms with E-state index in [9.17, 15) is 14.7 Å².